The van der Waals surface area contributed by atoms with Crippen molar-refractivity contribution in [1.82, 2.24) is 20.2 Å². The second-order valence-corrected chi connectivity index (χ2v) is 7.58. The second kappa shape index (κ2) is 9.55. The first kappa shape index (κ1) is 19.4. The minimum Gasteiger partial charge on any atom is -0.386 e. The normalized spacial score (nSPS) is 12.8. The fourth-order valence-electron chi connectivity index (χ4n) is 2.61. The number of aliphatic hydroxyl groups excluding tert-OH is 1. The summed E-state index contributed by atoms with van der Waals surface area (Å²) >= 11 is 7.31. The molecule has 142 valence electrons. The topological polar surface area (TPSA) is 74.5 Å². The van der Waals surface area contributed by atoms with Gasteiger partial charge in [0.1, 0.15) is 6.10 Å². The van der Waals surface area contributed by atoms with E-state index in [-0.39, 0.29) is 0 Å². The maximum absolute atomic E-state index is 10.3. The number of aliphatic hydroxyl groups is 1. The molecule has 0 bridgehead atoms. The fraction of sp³-hybridized carbons (Fsp3) is 0.263. The van der Waals surface area contributed by atoms with Crippen LogP contribution in [0, 0.1) is 0 Å². The first-order valence-electron chi connectivity index (χ1n) is 8.69. The van der Waals surface area contributed by atoms with Gasteiger partial charge in [-0.15, -0.1) is 11.3 Å². The molecule has 2 heterocycles. The molecule has 27 heavy (non-hydrogen) atoms. The Labute approximate surface area is 167 Å². The van der Waals surface area contributed by atoms with E-state index in [4.69, 9.17) is 11.6 Å². The summed E-state index contributed by atoms with van der Waals surface area (Å²) in [6.07, 6.45) is 4.80. The van der Waals surface area contributed by atoms with Crippen molar-refractivity contribution in [1.29, 1.82) is 0 Å². The van der Waals surface area contributed by atoms with Crippen LogP contribution in [0.2, 0.25) is 4.34 Å². The monoisotopic (exact) mass is 403 g/mol. The van der Waals surface area contributed by atoms with Crippen molar-refractivity contribution in [2.24, 2.45) is 4.99 Å². The van der Waals surface area contributed by atoms with Crippen molar-refractivity contribution in [2.45, 2.75) is 19.6 Å². The average molecular weight is 404 g/mol. The van der Waals surface area contributed by atoms with Crippen LogP contribution in [-0.2, 0) is 6.54 Å². The number of para-hydroxylation sites is 1. The molecular formula is C19H22ClN5OS. The number of thiophene rings is 1. The van der Waals surface area contributed by atoms with Gasteiger partial charge < -0.3 is 20.3 Å². The van der Waals surface area contributed by atoms with Gasteiger partial charge in [0.25, 0.3) is 0 Å². The van der Waals surface area contributed by atoms with Gasteiger partial charge in [0, 0.05) is 30.4 Å². The van der Waals surface area contributed by atoms with Crippen molar-refractivity contribution in [3.63, 3.8) is 0 Å². The highest BCUT2D eigenvalue weighted by Crippen LogP contribution is 2.26. The zero-order chi connectivity index (χ0) is 19.1. The number of benzene rings is 1. The predicted octanol–water partition coefficient (Wildman–Crippen LogP) is 3.38. The zero-order valence-corrected chi connectivity index (χ0v) is 16.5. The van der Waals surface area contributed by atoms with Gasteiger partial charge in [-0.05, 0) is 30.7 Å². The summed E-state index contributed by atoms with van der Waals surface area (Å²) < 4.78 is 2.64. The third-order valence-electron chi connectivity index (χ3n) is 3.91. The molecule has 0 amide bonds. The zero-order valence-electron chi connectivity index (χ0n) is 15.0. The van der Waals surface area contributed by atoms with E-state index in [1.165, 1.54) is 11.3 Å². The molecule has 6 nitrogen and oxygen atoms in total. The molecule has 1 atom stereocenters. The molecule has 3 N–H and O–H groups in total. The first-order chi connectivity index (χ1) is 13.2. The SMILES string of the molecule is CCNC(=NCc1ccccc1-n1ccnc1)NCC(O)c1ccc(Cl)s1. The molecule has 0 aliphatic carbocycles. The van der Waals surface area contributed by atoms with Crippen LogP contribution in [0.5, 0.6) is 0 Å². The van der Waals surface area contributed by atoms with E-state index in [9.17, 15) is 5.11 Å². The van der Waals surface area contributed by atoms with E-state index in [0.29, 0.717) is 23.4 Å². The van der Waals surface area contributed by atoms with Crippen LogP contribution in [0.15, 0.2) is 60.1 Å². The van der Waals surface area contributed by atoms with E-state index in [1.807, 2.05) is 48.0 Å². The van der Waals surface area contributed by atoms with E-state index in [1.54, 1.807) is 18.6 Å². The highest BCUT2D eigenvalue weighted by Gasteiger charge is 2.11. The van der Waals surface area contributed by atoms with E-state index >= 15 is 0 Å². The van der Waals surface area contributed by atoms with Crippen molar-refractivity contribution < 1.29 is 5.11 Å². The van der Waals surface area contributed by atoms with Gasteiger partial charge in [-0.25, -0.2) is 9.98 Å². The number of hydrogen-bond donors (Lipinski definition) is 3. The maximum Gasteiger partial charge on any atom is 0.191 e. The molecule has 3 aromatic rings. The molecule has 1 unspecified atom stereocenters. The summed E-state index contributed by atoms with van der Waals surface area (Å²) in [5.74, 6) is 0.652. The summed E-state index contributed by atoms with van der Waals surface area (Å²) in [6, 6.07) is 11.7. The second-order valence-electron chi connectivity index (χ2n) is 5.83. The molecule has 0 aliphatic rings. The molecule has 0 radical (unpaired) electrons. The molecular weight excluding hydrogens is 382 g/mol. The predicted molar refractivity (Wildman–Crippen MR) is 111 cm³/mol. The lowest BCUT2D eigenvalue weighted by atomic mass is 10.2. The number of nitrogens with zero attached hydrogens (tertiary/aromatic N) is 3. The molecule has 0 aliphatic heterocycles. The Morgan fingerprint density at radius 2 is 2.15 bits per heavy atom. The van der Waals surface area contributed by atoms with E-state index in [0.717, 1.165) is 22.7 Å². The van der Waals surface area contributed by atoms with Gasteiger partial charge in [0.15, 0.2) is 5.96 Å². The molecule has 0 fully saturated rings. The van der Waals surface area contributed by atoms with Gasteiger partial charge in [-0.3, -0.25) is 0 Å². The van der Waals surface area contributed by atoms with Crippen molar-refractivity contribution in [3.05, 3.63) is 69.9 Å². The number of aliphatic imine (C=N–C) groups is 1. The summed E-state index contributed by atoms with van der Waals surface area (Å²) in [5, 5.41) is 16.7. The quantitative estimate of drug-likeness (QED) is 0.417. The molecule has 3 rings (SSSR count). The lowest BCUT2D eigenvalue weighted by Crippen LogP contribution is -2.39. The summed E-state index contributed by atoms with van der Waals surface area (Å²) in [5.41, 5.74) is 2.13. The molecule has 8 heteroatoms. The minimum absolute atomic E-state index is 0.353. The maximum atomic E-state index is 10.3. The summed E-state index contributed by atoms with van der Waals surface area (Å²) in [6.45, 7) is 3.60. The van der Waals surface area contributed by atoms with E-state index < -0.39 is 6.10 Å². The first-order valence-corrected chi connectivity index (χ1v) is 9.88. The molecule has 1 aromatic carbocycles. The Morgan fingerprint density at radius 3 is 2.85 bits per heavy atom. The number of rotatable bonds is 7. The standard InChI is InChI=1S/C19H22ClN5OS/c1-2-22-19(24-12-16(26)17-7-8-18(20)27-17)23-11-14-5-3-4-6-15(14)25-10-9-21-13-25/h3-10,13,16,26H,2,11-12H2,1H3,(H2,22,23,24). The van der Waals surface area contributed by atoms with Gasteiger partial charge in [-0.1, -0.05) is 29.8 Å². The van der Waals surface area contributed by atoms with Crippen LogP contribution in [0.25, 0.3) is 5.69 Å². The van der Waals surface area contributed by atoms with Crippen molar-refractivity contribution >= 4 is 28.9 Å². The highest BCUT2D eigenvalue weighted by molar-refractivity contribution is 7.16. The molecule has 2 aromatic heterocycles. The number of guanidine groups is 1. The number of halogens is 1. The largest absolute Gasteiger partial charge is 0.386 e. The highest BCUT2D eigenvalue weighted by atomic mass is 35.5. The lowest BCUT2D eigenvalue weighted by molar-refractivity contribution is 0.184. The Hall–Kier alpha value is -2.35. The van der Waals surface area contributed by atoms with Crippen LogP contribution < -0.4 is 10.6 Å². The number of hydrogen-bond acceptors (Lipinski definition) is 4. The minimum atomic E-state index is -0.635. The van der Waals surface area contributed by atoms with Crippen molar-refractivity contribution in [3.8, 4) is 5.69 Å². The number of nitrogens with one attached hydrogen (secondary N) is 2. The molecule has 0 saturated carbocycles. The number of imidazole rings is 1. The smallest absolute Gasteiger partial charge is 0.191 e. The van der Waals surface area contributed by atoms with Crippen LogP contribution in [0.1, 0.15) is 23.5 Å². The Bertz CT molecular complexity index is 878. The molecule has 0 spiro atoms. The van der Waals surface area contributed by atoms with Gasteiger partial charge in [-0.2, -0.15) is 0 Å². The third kappa shape index (κ3) is 5.32. The Morgan fingerprint density at radius 1 is 1.30 bits per heavy atom. The van der Waals surface area contributed by atoms with Gasteiger partial charge in [0.05, 0.1) is 22.9 Å². The molecule has 0 saturated heterocycles. The fourth-order valence-corrected chi connectivity index (χ4v) is 3.65. The van der Waals surface area contributed by atoms with Crippen LogP contribution in [0.4, 0.5) is 0 Å². The summed E-state index contributed by atoms with van der Waals surface area (Å²) in [7, 11) is 0. The van der Waals surface area contributed by atoms with Crippen LogP contribution in [0.3, 0.4) is 0 Å². The van der Waals surface area contributed by atoms with Crippen LogP contribution >= 0.6 is 22.9 Å². The Kier molecular flexibility index (Phi) is 6.86. The van der Waals surface area contributed by atoms with E-state index in [2.05, 4.69) is 20.6 Å². The van der Waals surface area contributed by atoms with Gasteiger partial charge in [0.2, 0.25) is 0 Å². The Balaban J connectivity index is 1.67. The average Bonchev–Trinajstić information content (AvgIpc) is 3.36. The summed E-state index contributed by atoms with van der Waals surface area (Å²) in [4.78, 5) is 9.59. The lowest BCUT2D eigenvalue weighted by Gasteiger charge is -2.15. The number of aromatic nitrogens is 2. The van der Waals surface area contributed by atoms with Crippen LogP contribution in [-0.4, -0.2) is 33.7 Å². The van der Waals surface area contributed by atoms with Gasteiger partial charge >= 0.3 is 0 Å². The van der Waals surface area contributed by atoms with Crippen molar-refractivity contribution in [2.75, 3.05) is 13.1 Å². The third-order valence-corrected chi connectivity index (χ3v) is 5.24.